The van der Waals surface area contributed by atoms with Crippen molar-refractivity contribution in [2.75, 3.05) is 6.54 Å². The summed E-state index contributed by atoms with van der Waals surface area (Å²) in [6.45, 7) is 7.26. The molecule has 3 amide bonds. The van der Waals surface area contributed by atoms with Gasteiger partial charge in [-0.3, -0.25) is 24.2 Å². The maximum atomic E-state index is 13.1. The van der Waals surface area contributed by atoms with Crippen LogP contribution >= 0.6 is 0 Å². The van der Waals surface area contributed by atoms with Crippen LogP contribution in [0, 0.1) is 11.8 Å². The number of hydrogen-bond donors (Lipinski definition) is 8. The molecule has 4 unspecified atom stereocenters. The van der Waals surface area contributed by atoms with E-state index in [-0.39, 0.29) is 37.2 Å². The Kier molecular flexibility index (Phi) is 14.0. The SMILES string of the molecule is CC(C)CC(NC(=O)C(CCCN=C(N)N)NC(=O)C(N)C(C)C)C(=O)NC(CC(=O)O)C(=O)O. The first-order valence-corrected chi connectivity index (χ1v) is 11.3. The number of nitrogens with two attached hydrogens (primary N) is 3. The van der Waals surface area contributed by atoms with E-state index in [4.69, 9.17) is 22.3 Å². The van der Waals surface area contributed by atoms with Crippen molar-refractivity contribution in [1.82, 2.24) is 16.0 Å². The highest BCUT2D eigenvalue weighted by Crippen LogP contribution is 2.09. The van der Waals surface area contributed by atoms with Gasteiger partial charge in [0, 0.05) is 6.54 Å². The Morgan fingerprint density at radius 1 is 0.829 bits per heavy atom. The smallest absolute Gasteiger partial charge is 0.326 e. The lowest BCUT2D eigenvalue weighted by Gasteiger charge is -2.26. The van der Waals surface area contributed by atoms with Gasteiger partial charge >= 0.3 is 11.9 Å². The molecule has 11 N–H and O–H groups in total. The van der Waals surface area contributed by atoms with Crippen LogP contribution in [0.15, 0.2) is 4.99 Å². The predicted octanol–water partition coefficient (Wildman–Crippen LogP) is -1.92. The summed E-state index contributed by atoms with van der Waals surface area (Å²) >= 11 is 0. The molecule has 0 aromatic rings. The zero-order valence-corrected chi connectivity index (χ0v) is 20.6. The lowest BCUT2D eigenvalue weighted by atomic mass is 10.0. The fourth-order valence-corrected chi connectivity index (χ4v) is 2.97. The fraction of sp³-hybridized carbons (Fsp3) is 0.714. The van der Waals surface area contributed by atoms with Gasteiger partial charge in [-0.25, -0.2) is 4.79 Å². The van der Waals surface area contributed by atoms with Gasteiger partial charge in [0.2, 0.25) is 17.7 Å². The van der Waals surface area contributed by atoms with Gasteiger partial charge in [0.25, 0.3) is 0 Å². The number of aliphatic carboxylic acids is 2. The van der Waals surface area contributed by atoms with Crippen molar-refractivity contribution in [2.45, 2.75) is 77.5 Å². The molecule has 0 bridgehead atoms. The Hall–Kier alpha value is -3.42. The normalized spacial score (nSPS) is 14.4. The van der Waals surface area contributed by atoms with Crippen LogP contribution in [0.5, 0.6) is 0 Å². The van der Waals surface area contributed by atoms with Crippen LogP contribution in [0.3, 0.4) is 0 Å². The zero-order chi connectivity index (χ0) is 27.3. The number of guanidine groups is 1. The predicted molar refractivity (Wildman–Crippen MR) is 128 cm³/mol. The third-order valence-corrected chi connectivity index (χ3v) is 4.93. The number of hydrogen-bond acceptors (Lipinski definition) is 7. The molecule has 0 aliphatic heterocycles. The van der Waals surface area contributed by atoms with E-state index in [0.29, 0.717) is 6.42 Å². The van der Waals surface area contributed by atoms with Crippen molar-refractivity contribution in [3.8, 4) is 0 Å². The second kappa shape index (κ2) is 15.5. The van der Waals surface area contributed by atoms with Gasteiger partial charge < -0.3 is 43.4 Å². The second-order valence-electron chi connectivity index (χ2n) is 8.97. The molecule has 0 aliphatic rings. The van der Waals surface area contributed by atoms with Gasteiger partial charge in [-0.15, -0.1) is 0 Å². The Morgan fingerprint density at radius 3 is 1.80 bits per heavy atom. The summed E-state index contributed by atoms with van der Waals surface area (Å²) in [4.78, 5) is 64.4. The van der Waals surface area contributed by atoms with Crippen molar-refractivity contribution in [2.24, 2.45) is 34.0 Å². The average molecular weight is 502 g/mol. The molecule has 200 valence electrons. The Morgan fingerprint density at radius 2 is 1.34 bits per heavy atom. The van der Waals surface area contributed by atoms with Crippen LogP contribution in [0.25, 0.3) is 0 Å². The third-order valence-electron chi connectivity index (χ3n) is 4.93. The lowest BCUT2D eigenvalue weighted by molar-refractivity contribution is -0.147. The summed E-state index contributed by atoms with van der Waals surface area (Å²) < 4.78 is 0. The monoisotopic (exact) mass is 501 g/mol. The number of amides is 3. The molecule has 0 heterocycles. The van der Waals surface area contributed by atoms with Crippen LogP contribution in [0.2, 0.25) is 0 Å². The number of nitrogens with one attached hydrogen (secondary N) is 3. The molecule has 0 saturated heterocycles. The topological polar surface area (TPSA) is 252 Å². The number of nitrogens with zero attached hydrogens (tertiary/aromatic N) is 1. The summed E-state index contributed by atoms with van der Waals surface area (Å²) in [5.74, 6) is -5.44. The van der Waals surface area contributed by atoms with Crippen molar-refractivity contribution in [1.29, 1.82) is 0 Å². The summed E-state index contributed by atoms with van der Waals surface area (Å²) in [6, 6.07) is -4.79. The molecule has 0 spiro atoms. The highest BCUT2D eigenvalue weighted by atomic mass is 16.4. The van der Waals surface area contributed by atoms with Gasteiger partial charge in [-0.1, -0.05) is 27.7 Å². The second-order valence-corrected chi connectivity index (χ2v) is 8.97. The zero-order valence-electron chi connectivity index (χ0n) is 20.6. The molecular formula is C21H39N7O7. The minimum atomic E-state index is -1.68. The Balaban J connectivity index is 5.63. The molecule has 0 aliphatic carbocycles. The van der Waals surface area contributed by atoms with Crippen LogP contribution in [-0.2, 0) is 24.0 Å². The Bertz CT molecular complexity index is 782. The van der Waals surface area contributed by atoms with Gasteiger partial charge in [0.05, 0.1) is 12.5 Å². The van der Waals surface area contributed by atoms with Crippen molar-refractivity contribution >= 4 is 35.6 Å². The molecule has 0 saturated carbocycles. The molecule has 0 fully saturated rings. The molecule has 0 radical (unpaired) electrons. The number of carbonyl (C=O) groups excluding carboxylic acids is 3. The van der Waals surface area contributed by atoms with Crippen LogP contribution in [-0.4, -0.2) is 76.5 Å². The van der Waals surface area contributed by atoms with E-state index in [9.17, 15) is 29.1 Å². The molecular weight excluding hydrogens is 462 g/mol. The van der Waals surface area contributed by atoms with E-state index < -0.39 is 60.2 Å². The first-order chi connectivity index (χ1) is 16.1. The maximum absolute atomic E-state index is 13.1. The van der Waals surface area contributed by atoms with Gasteiger partial charge in [-0.05, 0) is 31.1 Å². The van der Waals surface area contributed by atoms with Gasteiger partial charge in [0.1, 0.15) is 18.1 Å². The van der Waals surface area contributed by atoms with Crippen molar-refractivity contribution < 1.29 is 34.2 Å². The summed E-state index contributed by atoms with van der Waals surface area (Å²) in [5, 5.41) is 25.4. The van der Waals surface area contributed by atoms with Crippen molar-refractivity contribution in [3.63, 3.8) is 0 Å². The Labute approximate surface area is 204 Å². The number of aliphatic imine (C=N–C) groups is 1. The quantitative estimate of drug-likeness (QED) is 0.0661. The molecule has 14 heteroatoms. The van der Waals surface area contributed by atoms with E-state index in [0.717, 1.165) is 0 Å². The molecule has 14 nitrogen and oxygen atoms in total. The number of carboxylic acids is 2. The summed E-state index contributed by atoms with van der Waals surface area (Å²) in [7, 11) is 0. The summed E-state index contributed by atoms with van der Waals surface area (Å²) in [6.07, 6.45) is -0.239. The van der Waals surface area contributed by atoms with Crippen LogP contribution < -0.4 is 33.2 Å². The molecule has 0 aromatic heterocycles. The van der Waals surface area contributed by atoms with E-state index in [1.807, 2.05) is 0 Å². The number of carboxylic acid groups (broad SMARTS) is 2. The minimum Gasteiger partial charge on any atom is -0.481 e. The van der Waals surface area contributed by atoms with E-state index >= 15 is 0 Å². The van der Waals surface area contributed by atoms with Crippen LogP contribution in [0.1, 0.15) is 53.4 Å². The minimum absolute atomic E-state index is 0.0851. The standard InChI is InChI=1S/C21H39N7O7/c1-10(2)8-13(18(32)28-14(20(34)35)9-15(29)30)27-17(31)12(6-5-7-25-21(23)24)26-19(33)16(22)11(3)4/h10-14,16H,5-9,22H2,1-4H3,(H,26,33)(H,27,31)(H,28,32)(H,29,30)(H,34,35)(H4,23,24,25). The average Bonchev–Trinajstić information content (AvgIpc) is 2.72. The highest BCUT2D eigenvalue weighted by Gasteiger charge is 2.31. The number of carbonyl (C=O) groups is 5. The molecule has 4 atom stereocenters. The maximum Gasteiger partial charge on any atom is 0.326 e. The fourth-order valence-electron chi connectivity index (χ4n) is 2.97. The number of rotatable bonds is 16. The van der Waals surface area contributed by atoms with Crippen molar-refractivity contribution in [3.05, 3.63) is 0 Å². The lowest BCUT2D eigenvalue weighted by Crippen LogP contribution is -2.57. The van der Waals surface area contributed by atoms with E-state index in [1.165, 1.54) is 0 Å². The first kappa shape index (κ1) is 31.6. The third kappa shape index (κ3) is 13.2. The van der Waals surface area contributed by atoms with Gasteiger partial charge in [-0.2, -0.15) is 0 Å². The summed E-state index contributed by atoms with van der Waals surface area (Å²) in [5.41, 5.74) is 16.5. The largest absolute Gasteiger partial charge is 0.481 e. The van der Waals surface area contributed by atoms with E-state index in [1.54, 1.807) is 27.7 Å². The molecule has 0 aromatic carbocycles. The van der Waals surface area contributed by atoms with E-state index in [2.05, 4.69) is 20.9 Å². The van der Waals surface area contributed by atoms with Crippen LogP contribution in [0.4, 0.5) is 0 Å². The molecule has 0 rings (SSSR count). The molecule has 35 heavy (non-hydrogen) atoms. The first-order valence-electron chi connectivity index (χ1n) is 11.3. The highest BCUT2D eigenvalue weighted by molar-refractivity contribution is 5.94. The van der Waals surface area contributed by atoms with Gasteiger partial charge in [0.15, 0.2) is 5.96 Å².